The molecule has 0 unspecified atom stereocenters. The van der Waals surface area contributed by atoms with Crippen molar-refractivity contribution in [3.05, 3.63) is 64.2 Å². The molecule has 0 aliphatic carbocycles. The number of nitrogens with one attached hydrogen (secondary N) is 1. The molecule has 1 N–H and O–H groups in total. The van der Waals surface area contributed by atoms with Crippen LogP contribution < -0.4 is 10.1 Å². The molecule has 0 spiro atoms. The molecular formula is C20H22ClNO4. The molecule has 1 amide bonds. The highest BCUT2D eigenvalue weighted by Crippen LogP contribution is 2.19. The minimum Gasteiger partial charge on any atom is -0.482 e. The zero-order valence-electron chi connectivity index (χ0n) is 15.0. The molecule has 5 nitrogen and oxygen atoms in total. The Morgan fingerprint density at radius 2 is 1.88 bits per heavy atom. The quantitative estimate of drug-likeness (QED) is 0.748. The lowest BCUT2D eigenvalue weighted by Gasteiger charge is -2.15. The highest BCUT2D eigenvalue weighted by Gasteiger charge is 2.13. The third-order valence-corrected chi connectivity index (χ3v) is 4.01. The Morgan fingerprint density at radius 1 is 1.12 bits per heavy atom. The third kappa shape index (κ3) is 6.08. The van der Waals surface area contributed by atoms with Crippen molar-refractivity contribution in [2.24, 2.45) is 0 Å². The second-order valence-corrected chi connectivity index (χ2v) is 6.50. The number of halogens is 1. The van der Waals surface area contributed by atoms with Gasteiger partial charge in [0, 0.05) is 5.02 Å². The van der Waals surface area contributed by atoms with Gasteiger partial charge in [-0.25, -0.2) is 4.79 Å². The lowest BCUT2D eigenvalue weighted by atomic mass is 10.1. The fourth-order valence-corrected chi connectivity index (χ4v) is 2.53. The van der Waals surface area contributed by atoms with E-state index in [-0.39, 0.29) is 19.3 Å². The maximum atomic E-state index is 11.9. The van der Waals surface area contributed by atoms with E-state index in [1.165, 1.54) is 0 Å². The minimum atomic E-state index is -0.600. The number of hydrogen-bond donors (Lipinski definition) is 1. The van der Waals surface area contributed by atoms with Crippen molar-refractivity contribution in [3.8, 4) is 5.75 Å². The molecule has 0 aromatic heterocycles. The molecule has 6 heteroatoms. The zero-order chi connectivity index (χ0) is 19.1. The van der Waals surface area contributed by atoms with Crippen LogP contribution in [-0.2, 0) is 14.3 Å². The number of ether oxygens (including phenoxy) is 2. The van der Waals surface area contributed by atoms with Gasteiger partial charge in [0.2, 0.25) is 0 Å². The first-order chi connectivity index (χ1) is 12.3. The van der Waals surface area contributed by atoms with Gasteiger partial charge in [0.15, 0.2) is 13.2 Å². The SMILES string of the molecule is Cc1ccc(C)c(OCC(=O)OCC(=O)N[C@@H](C)c2cccc(Cl)c2)c1. The van der Waals surface area contributed by atoms with Crippen molar-refractivity contribution < 1.29 is 19.1 Å². The van der Waals surface area contributed by atoms with Crippen LogP contribution in [0, 0.1) is 13.8 Å². The molecule has 26 heavy (non-hydrogen) atoms. The van der Waals surface area contributed by atoms with Gasteiger partial charge in [-0.3, -0.25) is 4.79 Å². The number of carbonyl (C=O) groups is 2. The first-order valence-corrected chi connectivity index (χ1v) is 8.63. The predicted octanol–water partition coefficient (Wildman–Crippen LogP) is 3.76. The molecular weight excluding hydrogens is 354 g/mol. The van der Waals surface area contributed by atoms with Gasteiger partial charge in [-0.15, -0.1) is 0 Å². The van der Waals surface area contributed by atoms with Crippen molar-refractivity contribution in [3.63, 3.8) is 0 Å². The van der Waals surface area contributed by atoms with Gasteiger partial charge >= 0.3 is 5.97 Å². The molecule has 0 bridgehead atoms. The van der Waals surface area contributed by atoms with Crippen LogP contribution in [0.25, 0.3) is 0 Å². The Hall–Kier alpha value is -2.53. The van der Waals surface area contributed by atoms with Gasteiger partial charge in [-0.2, -0.15) is 0 Å². The second-order valence-electron chi connectivity index (χ2n) is 6.06. The van der Waals surface area contributed by atoms with E-state index in [1.807, 2.05) is 51.1 Å². The van der Waals surface area contributed by atoms with E-state index in [2.05, 4.69) is 5.32 Å². The summed E-state index contributed by atoms with van der Waals surface area (Å²) in [6.07, 6.45) is 0. The van der Waals surface area contributed by atoms with Crippen LogP contribution in [0.5, 0.6) is 5.75 Å². The van der Waals surface area contributed by atoms with E-state index >= 15 is 0 Å². The maximum Gasteiger partial charge on any atom is 0.344 e. The van der Waals surface area contributed by atoms with Crippen LogP contribution in [0.2, 0.25) is 5.02 Å². The molecule has 0 fully saturated rings. The highest BCUT2D eigenvalue weighted by atomic mass is 35.5. The average Bonchev–Trinajstić information content (AvgIpc) is 2.60. The summed E-state index contributed by atoms with van der Waals surface area (Å²) < 4.78 is 10.4. The molecule has 138 valence electrons. The van der Waals surface area contributed by atoms with Gasteiger partial charge in [0.1, 0.15) is 5.75 Å². The van der Waals surface area contributed by atoms with Gasteiger partial charge in [-0.1, -0.05) is 35.9 Å². The van der Waals surface area contributed by atoms with Crippen LogP contribution in [0.15, 0.2) is 42.5 Å². The minimum absolute atomic E-state index is 0.244. The maximum absolute atomic E-state index is 11.9. The van der Waals surface area contributed by atoms with Gasteiger partial charge < -0.3 is 14.8 Å². The standard InChI is InChI=1S/C20H22ClNO4/c1-13-7-8-14(2)18(9-13)25-12-20(24)26-11-19(23)22-15(3)16-5-4-6-17(21)10-16/h4-10,15H,11-12H2,1-3H3,(H,22,23)/t15-/m0/s1. The summed E-state index contributed by atoms with van der Waals surface area (Å²) in [6, 6.07) is 12.7. The topological polar surface area (TPSA) is 64.6 Å². The van der Waals surface area contributed by atoms with E-state index < -0.39 is 11.9 Å². The molecule has 2 aromatic carbocycles. The smallest absolute Gasteiger partial charge is 0.344 e. The number of rotatable bonds is 7. The highest BCUT2D eigenvalue weighted by molar-refractivity contribution is 6.30. The molecule has 0 aliphatic rings. The molecule has 0 aliphatic heterocycles. The fourth-order valence-electron chi connectivity index (χ4n) is 2.33. The number of hydrogen-bond acceptors (Lipinski definition) is 4. The molecule has 0 heterocycles. The van der Waals surface area contributed by atoms with E-state index in [0.29, 0.717) is 10.8 Å². The summed E-state index contributed by atoms with van der Waals surface area (Å²) in [5, 5.41) is 3.35. The number of amides is 1. The van der Waals surface area contributed by atoms with Gasteiger partial charge in [-0.05, 0) is 55.7 Å². The summed E-state index contributed by atoms with van der Waals surface area (Å²) in [5.41, 5.74) is 2.83. The normalized spacial score (nSPS) is 11.5. The summed E-state index contributed by atoms with van der Waals surface area (Å²) >= 11 is 5.94. The number of aryl methyl sites for hydroxylation is 2. The van der Waals surface area contributed by atoms with Crippen LogP contribution in [-0.4, -0.2) is 25.1 Å². The van der Waals surface area contributed by atoms with Crippen molar-refractivity contribution in [2.45, 2.75) is 26.8 Å². The Balaban J connectivity index is 1.76. The number of carbonyl (C=O) groups excluding carboxylic acids is 2. The molecule has 1 atom stereocenters. The molecule has 2 aromatic rings. The first kappa shape index (κ1) is 19.8. The summed E-state index contributed by atoms with van der Waals surface area (Å²) in [6.45, 7) is 5.05. The van der Waals surface area contributed by atoms with E-state index in [0.717, 1.165) is 16.7 Å². The lowest BCUT2D eigenvalue weighted by molar-refractivity contribution is -0.150. The van der Waals surface area contributed by atoms with Crippen LogP contribution >= 0.6 is 11.6 Å². The predicted molar refractivity (Wildman–Crippen MR) is 100 cm³/mol. The number of esters is 1. The van der Waals surface area contributed by atoms with E-state index in [4.69, 9.17) is 21.1 Å². The molecule has 0 radical (unpaired) electrons. The molecule has 0 saturated carbocycles. The van der Waals surface area contributed by atoms with Gasteiger partial charge in [0.25, 0.3) is 5.91 Å². The molecule has 2 rings (SSSR count). The summed E-state index contributed by atoms with van der Waals surface area (Å²) in [4.78, 5) is 23.7. The Morgan fingerprint density at radius 3 is 2.62 bits per heavy atom. The Labute approximate surface area is 158 Å². The fraction of sp³-hybridized carbons (Fsp3) is 0.300. The second kappa shape index (κ2) is 9.25. The number of benzene rings is 2. The summed E-state index contributed by atoms with van der Waals surface area (Å²) in [5.74, 6) is -0.366. The Kier molecular flexibility index (Phi) is 7.04. The lowest BCUT2D eigenvalue weighted by Crippen LogP contribution is -2.32. The van der Waals surface area contributed by atoms with E-state index in [9.17, 15) is 9.59 Å². The van der Waals surface area contributed by atoms with Crippen molar-refractivity contribution in [2.75, 3.05) is 13.2 Å². The Bertz CT molecular complexity index is 791. The summed E-state index contributed by atoms with van der Waals surface area (Å²) in [7, 11) is 0. The van der Waals surface area contributed by atoms with Gasteiger partial charge in [0.05, 0.1) is 6.04 Å². The van der Waals surface area contributed by atoms with E-state index in [1.54, 1.807) is 12.1 Å². The van der Waals surface area contributed by atoms with Crippen LogP contribution in [0.4, 0.5) is 0 Å². The van der Waals surface area contributed by atoms with Crippen molar-refractivity contribution in [1.82, 2.24) is 5.32 Å². The average molecular weight is 376 g/mol. The van der Waals surface area contributed by atoms with Crippen LogP contribution in [0.3, 0.4) is 0 Å². The monoisotopic (exact) mass is 375 g/mol. The van der Waals surface area contributed by atoms with Crippen molar-refractivity contribution >= 4 is 23.5 Å². The first-order valence-electron chi connectivity index (χ1n) is 8.25. The largest absolute Gasteiger partial charge is 0.482 e. The van der Waals surface area contributed by atoms with Crippen molar-refractivity contribution in [1.29, 1.82) is 0 Å². The van der Waals surface area contributed by atoms with Crippen LogP contribution in [0.1, 0.15) is 29.7 Å². The third-order valence-electron chi connectivity index (χ3n) is 3.78. The molecule has 0 saturated heterocycles. The zero-order valence-corrected chi connectivity index (χ0v) is 15.8.